The van der Waals surface area contributed by atoms with Crippen LogP contribution in [0.25, 0.3) is 0 Å². The van der Waals surface area contributed by atoms with Crippen LogP contribution in [0.2, 0.25) is 0 Å². The number of likely N-dealkylation sites (tertiary alicyclic amines) is 1. The molecular formula is C27H36N8O2. The monoisotopic (exact) mass is 504 g/mol. The van der Waals surface area contributed by atoms with Crippen molar-refractivity contribution in [1.29, 1.82) is 5.26 Å². The average molecular weight is 505 g/mol. The molecular weight excluding hydrogens is 468 g/mol. The molecule has 1 aromatic heterocycles. The molecule has 0 bridgehead atoms. The van der Waals surface area contributed by atoms with Gasteiger partial charge in [0.1, 0.15) is 24.0 Å². The number of nitrogens with zero attached hydrogens (tertiary/aromatic N) is 6. The summed E-state index contributed by atoms with van der Waals surface area (Å²) in [5, 5.41) is 12.8. The molecule has 2 aromatic rings. The van der Waals surface area contributed by atoms with Gasteiger partial charge in [0.15, 0.2) is 0 Å². The second kappa shape index (κ2) is 11.0. The smallest absolute Gasteiger partial charge is 0.245 e. The molecule has 2 aliphatic rings. The van der Waals surface area contributed by atoms with Crippen LogP contribution >= 0.6 is 0 Å². The highest BCUT2D eigenvalue weighted by Crippen LogP contribution is 2.32. The van der Waals surface area contributed by atoms with Crippen LogP contribution in [0.3, 0.4) is 0 Å². The van der Waals surface area contributed by atoms with E-state index in [9.17, 15) is 14.9 Å². The molecule has 4 rings (SSSR count). The predicted octanol–water partition coefficient (Wildman–Crippen LogP) is 2.19. The van der Waals surface area contributed by atoms with Gasteiger partial charge in [0.05, 0.1) is 23.6 Å². The molecule has 0 aliphatic carbocycles. The van der Waals surface area contributed by atoms with E-state index in [1.807, 2.05) is 30.9 Å². The molecule has 2 saturated heterocycles. The number of nitrogen functional groups attached to an aromatic ring is 1. The number of aromatic nitrogens is 2. The van der Waals surface area contributed by atoms with Crippen LogP contribution in [0.1, 0.15) is 42.9 Å². The minimum atomic E-state index is -0.422. The SMILES string of the molecule is CCc1cc(C#N)cc(N[C@@H]2CCCN([C@H]3CN(c4ncnc(N)c4C)CC[C@@H]3C(=O)N(C)C)C2=O)c1. The number of anilines is 3. The molecule has 3 N–H and O–H groups in total. The number of carbonyl (C=O) groups is 2. The molecule has 0 saturated carbocycles. The standard InChI is InChI=1S/C27H36N8O2/c1-5-18-11-19(14-28)13-20(12-18)32-22-7-6-9-35(27(22)37)23-15-34(10-8-21(23)26(36)33(3)4)25-17(2)24(29)30-16-31-25/h11-13,16,21-23,32H,5-10,15H2,1-4H3,(H2,29,30,31)/t21-,22+,23-/m0/s1. The Hall–Kier alpha value is -3.87. The molecule has 0 unspecified atom stereocenters. The fourth-order valence-electron chi connectivity index (χ4n) is 5.44. The summed E-state index contributed by atoms with van der Waals surface area (Å²) >= 11 is 0. The number of hydrogen-bond donors (Lipinski definition) is 2. The molecule has 3 atom stereocenters. The van der Waals surface area contributed by atoms with Crippen molar-refractivity contribution in [2.24, 2.45) is 5.92 Å². The Bertz CT molecular complexity index is 1210. The van der Waals surface area contributed by atoms with E-state index < -0.39 is 6.04 Å². The second-order valence-corrected chi connectivity index (χ2v) is 10.1. The third-order valence-electron chi connectivity index (χ3n) is 7.48. The molecule has 196 valence electrons. The topological polar surface area (TPSA) is 131 Å². The minimum Gasteiger partial charge on any atom is -0.383 e. The first-order valence-corrected chi connectivity index (χ1v) is 12.9. The lowest BCUT2D eigenvalue weighted by Crippen LogP contribution is -2.61. The first-order chi connectivity index (χ1) is 17.7. The van der Waals surface area contributed by atoms with E-state index in [1.54, 1.807) is 25.1 Å². The van der Waals surface area contributed by atoms with Crippen molar-refractivity contribution < 1.29 is 9.59 Å². The van der Waals surface area contributed by atoms with Gasteiger partial charge in [-0.1, -0.05) is 6.92 Å². The van der Waals surface area contributed by atoms with Gasteiger partial charge in [0.25, 0.3) is 0 Å². The number of aryl methyl sites for hydroxylation is 1. The summed E-state index contributed by atoms with van der Waals surface area (Å²) in [5.41, 5.74) is 9.23. The highest BCUT2D eigenvalue weighted by Gasteiger charge is 2.43. The third kappa shape index (κ3) is 5.45. The number of amides is 2. The van der Waals surface area contributed by atoms with Crippen molar-refractivity contribution in [3.63, 3.8) is 0 Å². The van der Waals surface area contributed by atoms with Gasteiger partial charge in [0.2, 0.25) is 11.8 Å². The Morgan fingerprint density at radius 1 is 1.24 bits per heavy atom. The number of nitriles is 1. The van der Waals surface area contributed by atoms with Crippen molar-refractivity contribution in [3.8, 4) is 6.07 Å². The summed E-state index contributed by atoms with van der Waals surface area (Å²) in [5.74, 6) is 0.877. The quantitative estimate of drug-likeness (QED) is 0.612. The van der Waals surface area contributed by atoms with Gasteiger partial charge in [-0.25, -0.2) is 9.97 Å². The highest BCUT2D eigenvalue weighted by atomic mass is 16.2. The predicted molar refractivity (Wildman–Crippen MR) is 143 cm³/mol. The number of nitrogens with one attached hydrogen (secondary N) is 1. The van der Waals surface area contributed by atoms with Crippen LogP contribution in [-0.4, -0.2) is 77.4 Å². The van der Waals surface area contributed by atoms with E-state index in [0.717, 1.165) is 35.5 Å². The lowest BCUT2D eigenvalue weighted by atomic mass is 9.87. The Morgan fingerprint density at radius 2 is 2.03 bits per heavy atom. The molecule has 1 aromatic carbocycles. The Balaban J connectivity index is 1.61. The molecule has 2 fully saturated rings. The Morgan fingerprint density at radius 3 is 2.73 bits per heavy atom. The molecule has 2 aliphatic heterocycles. The van der Waals surface area contributed by atoms with Crippen LogP contribution in [0.5, 0.6) is 0 Å². The Kier molecular flexibility index (Phi) is 7.81. The first kappa shape index (κ1) is 26.2. The number of piperidine rings is 2. The van der Waals surface area contributed by atoms with E-state index in [0.29, 0.717) is 43.9 Å². The lowest BCUT2D eigenvalue weighted by Gasteiger charge is -2.47. The van der Waals surface area contributed by atoms with Crippen LogP contribution < -0.4 is 16.0 Å². The fraction of sp³-hybridized carbons (Fsp3) is 0.519. The Labute approximate surface area is 218 Å². The maximum absolute atomic E-state index is 13.8. The van der Waals surface area contributed by atoms with Crippen LogP contribution in [0.15, 0.2) is 24.5 Å². The van der Waals surface area contributed by atoms with Crippen molar-refractivity contribution in [3.05, 3.63) is 41.2 Å². The van der Waals surface area contributed by atoms with Gasteiger partial charge < -0.3 is 25.8 Å². The normalized spacial score (nSPS) is 21.9. The van der Waals surface area contributed by atoms with Crippen LogP contribution in [-0.2, 0) is 16.0 Å². The van der Waals surface area contributed by atoms with Crippen molar-refractivity contribution >= 4 is 29.1 Å². The number of benzene rings is 1. The van der Waals surface area contributed by atoms with E-state index in [-0.39, 0.29) is 23.8 Å². The molecule has 0 radical (unpaired) electrons. The molecule has 10 nitrogen and oxygen atoms in total. The molecule has 2 amide bonds. The van der Waals surface area contributed by atoms with Gasteiger partial charge in [-0.15, -0.1) is 0 Å². The average Bonchev–Trinajstić information content (AvgIpc) is 2.90. The summed E-state index contributed by atoms with van der Waals surface area (Å²) in [6.07, 6.45) is 4.37. The first-order valence-electron chi connectivity index (χ1n) is 12.9. The summed E-state index contributed by atoms with van der Waals surface area (Å²) in [7, 11) is 3.52. The highest BCUT2D eigenvalue weighted by molar-refractivity contribution is 5.87. The molecule has 10 heteroatoms. The van der Waals surface area contributed by atoms with Crippen molar-refractivity contribution in [1.82, 2.24) is 19.8 Å². The van der Waals surface area contributed by atoms with Gasteiger partial charge in [-0.2, -0.15) is 5.26 Å². The molecule has 3 heterocycles. The summed E-state index contributed by atoms with van der Waals surface area (Å²) < 4.78 is 0. The lowest BCUT2D eigenvalue weighted by molar-refractivity contribution is -0.143. The van der Waals surface area contributed by atoms with E-state index >= 15 is 0 Å². The summed E-state index contributed by atoms with van der Waals surface area (Å²) in [6.45, 7) is 5.66. The zero-order valence-electron chi connectivity index (χ0n) is 22.1. The largest absolute Gasteiger partial charge is 0.383 e. The maximum Gasteiger partial charge on any atom is 0.245 e. The third-order valence-corrected chi connectivity index (χ3v) is 7.48. The van der Waals surface area contributed by atoms with Crippen LogP contribution in [0, 0.1) is 24.2 Å². The number of hydrogen-bond acceptors (Lipinski definition) is 8. The van der Waals surface area contributed by atoms with Crippen molar-refractivity contribution in [2.75, 3.05) is 49.7 Å². The van der Waals surface area contributed by atoms with Crippen LogP contribution in [0.4, 0.5) is 17.3 Å². The number of rotatable bonds is 6. The fourth-order valence-corrected chi connectivity index (χ4v) is 5.44. The van der Waals surface area contributed by atoms with E-state index in [4.69, 9.17) is 5.73 Å². The zero-order chi connectivity index (χ0) is 26.7. The van der Waals surface area contributed by atoms with Gasteiger partial charge in [0, 0.05) is 45.0 Å². The molecule has 37 heavy (non-hydrogen) atoms. The minimum absolute atomic E-state index is 0.0195. The number of carbonyl (C=O) groups excluding carboxylic acids is 2. The van der Waals surface area contributed by atoms with E-state index in [2.05, 4.69) is 26.3 Å². The summed E-state index contributed by atoms with van der Waals surface area (Å²) in [6, 6.07) is 7.14. The second-order valence-electron chi connectivity index (χ2n) is 10.1. The summed E-state index contributed by atoms with van der Waals surface area (Å²) in [4.78, 5) is 41.2. The van der Waals surface area contributed by atoms with Gasteiger partial charge in [-0.3, -0.25) is 9.59 Å². The van der Waals surface area contributed by atoms with E-state index in [1.165, 1.54) is 6.33 Å². The van der Waals surface area contributed by atoms with Gasteiger partial charge in [-0.05, 0) is 56.4 Å². The maximum atomic E-state index is 13.8. The van der Waals surface area contributed by atoms with Gasteiger partial charge >= 0.3 is 0 Å². The zero-order valence-corrected chi connectivity index (χ0v) is 22.1. The molecule has 0 spiro atoms. The number of nitrogens with two attached hydrogens (primary N) is 1. The van der Waals surface area contributed by atoms with Crippen molar-refractivity contribution in [2.45, 2.75) is 51.6 Å².